The Labute approximate surface area is 102 Å². The molecule has 1 saturated heterocycles. The van der Waals surface area contributed by atoms with Crippen LogP contribution in [0.2, 0.25) is 0 Å². The average molecular weight is 238 g/mol. The summed E-state index contributed by atoms with van der Waals surface area (Å²) in [5.74, 6) is 2.16. The van der Waals surface area contributed by atoms with E-state index in [9.17, 15) is 0 Å². The van der Waals surface area contributed by atoms with Gasteiger partial charge in [-0.25, -0.2) is 0 Å². The lowest BCUT2D eigenvalue weighted by Gasteiger charge is -2.37. The maximum Gasteiger partial charge on any atom is 0.230 e. The summed E-state index contributed by atoms with van der Waals surface area (Å²) >= 11 is 0. The van der Waals surface area contributed by atoms with E-state index in [0.717, 1.165) is 19.0 Å². The second-order valence-electron chi connectivity index (χ2n) is 4.87. The third kappa shape index (κ3) is 3.04. The third-order valence-corrected chi connectivity index (χ3v) is 3.70. The molecule has 96 valence electrons. The maximum absolute atomic E-state index is 5.86. The van der Waals surface area contributed by atoms with Gasteiger partial charge in [0.25, 0.3) is 0 Å². The van der Waals surface area contributed by atoms with Crippen molar-refractivity contribution >= 4 is 0 Å². The minimum atomic E-state index is 0.459. The number of hydrogen-bond acceptors (Lipinski definition) is 5. The van der Waals surface area contributed by atoms with Gasteiger partial charge in [-0.1, -0.05) is 13.3 Å². The van der Waals surface area contributed by atoms with Crippen LogP contribution in [0.1, 0.15) is 38.0 Å². The van der Waals surface area contributed by atoms with E-state index in [0.29, 0.717) is 24.4 Å². The first kappa shape index (κ1) is 12.5. The lowest BCUT2D eigenvalue weighted by atomic mass is 9.89. The van der Waals surface area contributed by atoms with Gasteiger partial charge in [0.15, 0.2) is 0 Å². The van der Waals surface area contributed by atoms with Crippen molar-refractivity contribution in [2.24, 2.45) is 11.7 Å². The second-order valence-corrected chi connectivity index (χ2v) is 4.87. The quantitative estimate of drug-likeness (QED) is 0.857. The van der Waals surface area contributed by atoms with Crippen LogP contribution in [-0.2, 0) is 6.54 Å². The fourth-order valence-corrected chi connectivity index (χ4v) is 2.58. The molecule has 0 amide bonds. The minimum absolute atomic E-state index is 0.459. The van der Waals surface area contributed by atoms with Gasteiger partial charge in [-0.15, -0.1) is 10.2 Å². The van der Waals surface area contributed by atoms with Crippen LogP contribution < -0.4 is 5.73 Å². The molecular formula is C12H22N4O. The zero-order valence-electron chi connectivity index (χ0n) is 10.7. The Morgan fingerprint density at radius 2 is 2.29 bits per heavy atom. The molecule has 0 radical (unpaired) electrons. The van der Waals surface area contributed by atoms with Crippen LogP contribution in [0.25, 0.3) is 0 Å². The highest BCUT2D eigenvalue weighted by Crippen LogP contribution is 2.25. The molecule has 2 unspecified atom stereocenters. The van der Waals surface area contributed by atoms with E-state index in [4.69, 9.17) is 10.2 Å². The van der Waals surface area contributed by atoms with Gasteiger partial charge in [0.1, 0.15) is 0 Å². The Hall–Kier alpha value is -0.940. The number of nitrogens with two attached hydrogens (primary N) is 1. The standard InChI is InChI=1S/C12H22N4O/c1-3-10-4-5-16(11(6-10)7-13)8-12-15-14-9(2)17-12/h10-11H,3-8,13H2,1-2H3. The number of hydrogen-bond donors (Lipinski definition) is 1. The molecule has 17 heavy (non-hydrogen) atoms. The van der Waals surface area contributed by atoms with E-state index in [-0.39, 0.29) is 0 Å². The molecule has 1 aliphatic heterocycles. The summed E-state index contributed by atoms with van der Waals surface area (Å²) in [5.41, 5.74) is 5.86. The van der Waals surface area contributed by atoms with E-state index in [1.165, 1.54) is 19.3 Å². The van der Waals surface area contributed by atoms with Gasteiger partial charge in [-0.2, -0.15) is 0 Å². The molecule has 0 aliphatic carbocycles. The zero-order valence-corrected chi connectivity index (χ0v) is 10.7. The highest BCUT2D eigenvalue weighted by molar-refractivity contribution is 4.86. The Kier molecular flexibility index (Phi) is 4.12. The summed E-state index contributed by atoms with van der Waals surface area (Å²) in [6, 6.07) is 0.459. The van der Waals surface area contributed by atoms with E-state index < -0.39 is 0 Å². The van der Waals surface area contributed by atoms with Crippen LogP contribution in [0.4, 0.5) is 0 Å². The van der Waals surface area contributed by atoms with E-state index in [1.807, 2.05) is 6.92 Å². The second kappa shape index (κ2) is 5.60. The summed E-state index contributed by atoms with van der Waals surface area (Å²) < 4.78 is 5.43. The number of piperidine rings is 1. The molecule has 2 rings (SSSR count). The molecule has 0 bridgehead atoms. The monoisotopic (exact) mass is 238 g/mol. The first-order valence-electron chi connectivity index (χ1n) is 6.46. The van der Waals surface area contributed by atoms with Crippen LogP contribution >= 0.6 is 0 Å². The summed E-state index contributed by atoms with van der Waals surface area (Å²) in [6.45, 7) is 6.61. The summed E-state index contributed by atoms with van der Waals surface area (Å²) in [4.78, 5) is 2.37. The first-order chi connectivity index (χ1) is 8.22. The van der Waals surface area contributed by atoms with Crippen LogP contribution in [0.3, 0.4) is 0 Å². The summed E-state index contributed by atoms with van der Waals surface area (Å²) in [6.07, 6.45) is 3.70. The van der Waals surface area contributed by atoms with Gasteiger partial charge >= 0.3 is 0 Å². The average Bonchev–Trinajstić information content (AvgIpc) is 2.75. The first-order valence-corrected chi connectivity index (χ1v) is 6.46. The zero-order chi connectivity index (χ0) is 12.3. The molecule has 1 fully saturated rings. The highest BCUT2D eigenvalue weighted by Gasteiger charge is 2.27. The largest absolute Gasteiger partial charge is 0.424 e. The number of aromatic nitrogens is 2. The van der Waals surface area contributed by atoms with Crippen LogP contribution in [0.15, 0.2) is 4.42 Å². The predicted molar refractivity (Wildman–Crippen MR) is 65.3 cm³/mol. The highest BCUT2D eigenvalue weighted by atomic mass is 16.4. The molecule has 2 heterocycles. The van der Waals surface area contributed by atoms with Crippen LogP contribution in [-0.4, -0.2) is 34.2 Å². The van der Waals surface area contributed by atoms with Crippen molar-refractivity contribution in [2.75, 3.05) is 13.1 Å². The molecule has 1 aromatic rings. The summed E-state index contributed by atoms with van der Waals surface area (Å²) in [7, 11) is 0. The number of nitrogens with zero attached hydrogens (tertiary/aromatic N) is 3. The number of rotatable bonds is 4. The number of aryl methyl sites for hydroxylation is 1. The molecule has 0 spiro atoms. The molecule has 5 nitrogen and oxygen atoms in total. The smallest absolute Gasteiger partial charge is 0.230 e. The normalized spacial score (nSPS) is 26.3. The van der Waals surface area contributed by atoms with Crippen molar-refractivity contribution in [1.29, 1.82) is 0 Å². The molecular weight excluding hydrogens is 216 g/mol. The molecule has 0 aromatic carbocycles. The molecule has 5 heteroatoms. The van der Waals surface area contributed by atoms with E-state index >= 15 is 0 Å². The van der Waals surface area contributed by atoms with Gasteiger partial charge in [0.05, 0.1) is 6.54 Å². The fraction of sp³-hybridized carbons (Fsp3) is 0.833. The Morgan fingerprint density at radius 1 is 1.47 bits per heavy atom. The van der Waals surface area contributed by atoms with Crippen molar-refractivity contribution in [3.05, 3.63) is 11.8 Å². The Balaban J connectivity index is 1.95. The third-order valence-electron chi connectivity index (χ3n) is 3.70. The SMILES string of the molecule is CCC1CCN(Cc2nnc(C)o2)C(CN)C1. The van der Waals surface area contributed by atoms with Gasteiger partial charge < -0.3 is 10.2 Å². The van der Waals surface area contributed by atoms with Crippen molar-refractivity contribution < 1.29 is 4.42 Å². The lowest BCUT2D eigenvalue weighted by Crippen LogP contribution is -2.46. The fourth-order valence-electron chi connectivity index (χ4n) is 2.58. The molecule has 1 aliphatic rings. The molecule has 2 N–H and O–H groups in total. The Bertz CT molecular complexity index is 352. The van der Waals surface area contributed by atoms with Crippen LogP contribution in [0, 0.1) is 12.8 Å². The van der Waals surface area contributed by atoms with Gasteiger partial charge in [0, 0.05) is 19.5 Å². The lowest BCUT2D eigenvalue weighted by molar-refractivity contribution is 0.0976. The van der Waals surface area contributed by atoms with Crippen molar-refractivity contribution in [2.45, 2.75) is 45.7 Å². The molecule has 1 aromatic heterocycles. The van der Waals surface area contributed by atoms with Crippen molar-refractivity contribution in [3.63, 3.8) is 0 Å². The number of likely N-dealkylation sites (tertiary alicyclic amines) is 1. The van der Waals surface area contributed by atoms with E-state index in [1.54, 1.807) is 0 Å². The Morgan fingerprint density at radius 3 is 2.88 bits per heavy atom. The summed E-state index contributed by atoms with van der Waals surface area (Å²) in [5, 5.41) is 7.91. The molecule has 2 atom stereocenters. The molecule has 0 saturated carbocycles. The maximum atomic E-state index is 5.86. The van der Waals surface area contributed by atoms with Gasteiger partial charge in [0.2, 0.25) is 11.8 Å². The van der Waals surface area contributed by atoms with Gasteiger partial charge in [-0.05, 0) is 25.3 Å². The van der Waals surface area contributed by atoms with Crippen molar-refractivity contribution in [1.82, 2.24) is 15.1 Å². The van der Waals surface area contributed by atoms with Crippen LogP contribution in [0.5, 0.6) is 0 Å². The van der Waals surface area contributed by atoms with Crippen molar-refractivity contribution in [3.8, 4) is 0 Å². The van der Waals surface area contributed by atoms with E-state index in [2.05, 4.69) is 22.0 Å². The minimum Gasteiger partial charge on any atom is -0.424 e. The van der Waals surface area contributed by atoms with Gasteiger partial charge in [-0.3, -0.25) is 4.90 Å². The predicted octanol–water partition coefficient (Wildman–Crippen LogP) is 1.33. The topological polar surface area (TPSA) is 68.2 Å².